The first-order valence-electron chi connectivity index (χ1n) is 9.49. The molecule has 27 heavy (non-hydrogen) atoms. The second-order valence-corrected chi connectivity index (χ2v) is 7.50. The molecular formula is C23H24N2O2. The molecule has 1 heterocycles. The molecule has 0 saturated heterocycles. The first kappa shape index (κ1) is 17.5. The number of hydrogen-bond acceptors (Lipinski definition) is 2. The average molecular weight is 360 g/mol. The zero-order chi connectivity index (χ0) is 19.0. The van der Waals surface area contributed by atoms with Crippen LogP contribution in [0.4, 0.5) is 0 Å². The van der Waals surface area contributed by atoms with E-state index in [1.165, 1.54) is 5.56 Å². The van der Waals surface area contributed by atoms with E-state index < -0.39 is 0 Å². The summed E-state index contributed by atoms with van der Waals surface area (Å²) in [5.41, 5.74) is 5.03. The summed E-state index contributed by atoms with van der Waals surface area (Å²) in [6, 6.07) is 16.2. The largest absolute Gasteiger partial charge is 0.356 e. The van der Waals surface area contributed by atoms with Crippen molar-refractivity contribution in [1.29, 1.82) is 0 Å². The number of hydrogen-bond donors (Lipinski definition) is 2. The van der Waals surface area contributed by atoms with Crippen molar-refractivity contribution in [3.63, 3.8) is 0 Å². The van der Waals surface area contributed by atoms with Crippen molar-refractivity contribution < 1.29 is 4.79 Å². The van der Waals surface area contributed by atoms with Crippen LogP contribution in [0.15, 0.2) is 53.3 Å². The lowest BCUT2D eigenvalue weighted by molar-refractivity contribution is -0.122. The molecule has 2 aromatic carbocycles. The van der Waals surface area contributed by atoms with Gasteiger partial charge in [-0.25, -0.2) is 0 Å². The Balaban J connectivity index is 1.38. The Labute approximate surface area is 158 Å². The summed E-state index contributed by atoms with van der Waals surface area (Å²) in [6.45, 7) is 4.54. The minimum atomic E-state index is -0.0703. The molecule has 2 atom stereocenters. The monoisotopic (exact) mass is 360 g/mol. The third kappa shape index (κ3) is 3.52. The number of amides is 1. The van der Waals surface area contributed by atoms with Gasteiger partial charge in [-0.2, -0.15) is 0 Å². The van der Waals surface area contributed by atoms with E-state index in [0.717, 1.165) is 28.5 Å². The number of aryl methyl sites for hydroxylation is 2. The van der Waals surface area contributed by atoms with Crippen LogP contribution in [0.25, 0.3) is 10.9 Å². The van der Waals surface area contributed by atoms with E-state index in [1.54, 1.807) is 0 Å². The summed E-state index contributed by atoms with van der Waals surface area (Å²) < 4.78 is 0. The Bertz CT molecular complexity index is 1050. The molecule has 4 nitrogen and oxygen atoms in total. The molecule has 4 rings (SSSR count). The fourth-order valence-corrected chi connectivity index (χ4v) is 3.76. The van der Waals surface area contributed by atoms with Crippen LogP contribution >= 0.6 is 0 Å². The Morgan fingerprint density at radius 3 is 2.70 bits per heavy atom. The van der Waals surface area contributed by atoms with Gasteiger partial charge in [0.1, 0.15) is 0 Å². The Morgan fingerprint density at radius 2 is 1.93 bits per heavy atom. The van der Waals surface area contributed by atoms with E-state index in [4.69, 9.17) is 0 Å². The number of nitrogens with one attached hydrogen (secondary N) is 2. The lowest BCUT2D eigenvalue weighted by Crippen LogP contribution is -2.29. The number of benzene rings is 2. The van der Waals surface area contributed by atoms with Crippen LogP contribution in [-0.4, -0.2) is 17.4 Å². The number of carbonyl (C=O) groups is 1. The first-order chi connectivity index (χ1) is 13.0. The normalized spacial score (nSPS) is 18.4. The highest BCUT2D eigenvalue weighted by molar-refractivity contribution is 5.84. The highest BCUT2D eigenvalue weighted by Crippen LogP contribution is 2.47. The summed E-state index contributed by atoms with van der Waals surface area (Å²) in [6.07, 6.45) is 1.44. The molecule has 1 amide bonds. The Morgan fingerprint density at radius 1 is 1.15 bits per heavy atom. The topological polar surface area (TPSA) is 62.0 Å². The summed E-state index contributed by atoms with van der Waals surface area (Å²) >= 11 is 0. The molecule has 3 aromatic rings. The number of aromatic nitrogens is 1. The van der Waals surface area contributed by atoms with Crippen LogP contribution in [-0.2, 0) is 11.2 Å². The summed E-state index contributed by atoms with van der Waals surface area (Å²) in [4.78, 5) is 27.8. The van der Waals surface area contributed by atoms with E-state index in [1.807, 2.05) is 44.2 Å². The fraction of sp³-hybridized carbons (Fsp3) is 0.304. The molecule has 0 spiro atoms. The lowest BCUT2D eigenvalue weighted by atomic mass is 10.0. The van der Waals surface area contributed by atoms with Gasteiger partial charge < -0.3 is 10.3 Å². The molecule has 1 fully saturated rings. The third-order valence-corrected chi connectivity index (χ3v) is 5.68. The zero-order valence-electron chi connectivity index (χ0n) is 15.7. The molecule has 138 valence electrons. The summed E-state index contributed by atoms with van der Waals surface area (Å²) in [5.74, 6) is 0.488. The number of rotatable bonds is 5. The standard InChI is InChI=1S/C23H24N2O2/c1-14-8-9-17-12-18(22(26)25-21(17)15(14)2)10-11-24-23(27)20-13-19(20)16-6-4-3-5-7-16/h3-9,12,19-20H,10-11,13H2,1-2H3,(H,24,27)(H,25,26). The van der Waals surface area contributed by atoms with Crippen LogP contribution in [0, 0.1) is 19.8 Å². The maximum atomic E-state index is 12.4. The van der Waals surface area contributed by atoms with Gasteiger partial charge in [0.25, 0.3) is 5.56 Å². The summed E-state index contributed by atoms with van der Waals surface area (Å²) in [7, 11) is 0. The third-order valence-electron chi connectivity index (χ3n) is 5.68. The molecular weight excluding hydrogens is 336 g/mol. The van der Waals surface area contributed by atoms with Gasteiger partial charge in [-0.15, -0.1) is 0 Å². The number of H-pyrrole nitrogens is 1. The highest BCUT2D eigenvalue weighted by atomic mass is 16.2. The molecule has 1 aromatic heterocycles. The van der Waals surface area contributed by atoms with Gasteiger partial charge in [-0.3, -0.25) is 9.59 Å². The van der Waals surface area contributed by atoms with Crippen molar-refractivity contribution in [2.24, 2.45) is 5.92 Å². The minimum absolute atomic E-state index is 0.0629. The predicted octanol–water partition coefficient (Wildman–Crippen LogP) is 3.61. The molecule has 0 aliphatic heterocycles. The van der Waals surface area contributed by atoms with Crippen LogP contribution < -0.4 is 10.9 Å². The van der Waals surface area contributed by atoms with Crippen molar-refractivity contribution in [1.82, 2.24) is 10.3 Å². The molecule has 4 heteroatoms. The first-order valence-corrected chi connectivity index (χ1v) is 9.49. The molecule has 0 bridgehead atoms. The van der Waals surface area contributed by atoms with Crippen molar-refractivity contribution in [3.05, 3.63) is 81.1 Å². The van der Waals surface area contributed by atoms with Gasteiger partial charge in [-0.1, -0.05) is 42.5 Å². The average Bonchev–Trinajstić information content (AvgIpc) is 3.47. The van der Waals surface area contributed by atoms with Crippen LogP contribution in [0.5, 0.6) is 0 Å². The van der Waals surface area contributed by atoms with Crippen molar-refractivity contribution in [3.8, 4) is 0 Å². The predicted molar refractivity (Wildman–Crippen MR) is 108 cm³/mol. The van der Waals surface area contributed by atoms with Crippen molar-refractivity contribution in [2.45, 2.75) is 32.6 Å². The smallest absolute Gasteiger partial charge is 0.251 e. The second-order valence-electron chi connectivity index (χ2n) is 7.50. The van der Waals surface area contributed by atoms with E-state index in [9.17, 15) is 9.59 Å². The molecule has 1 saturated carbocycles. The molecule has 0 radical (unpaired) electrons. The quantitative estimate of drug-likeness (QED) is 0.730. The van der Waals surface area contributed by atoms with Gasteiger partial charge in [-0.05, 0) is 60.7 Å². The highest BCUT2D eigenvalue weighted by Gasteiger charge is 2.43. The van der Waals surface area contributed by atoms with E-state index >= 15 is 0 Å². The molecule has 1 aliphatic carbocycles. The number of pyridine rings is 1. The van der Waals surface area contributed by atoms with E-state index in [2.05, 4.69) is 28.5 Å². The lowest BCUT2D eigenvalue weighted by Gasteiger charge is -2.09. The Kier molecular flexibility index (Phi) is 4.56. The maximum absolute atomic E-state index is 12.4. The SMILES string of the molecule is Cc1ccc2cc(CCNC(=O)C3CC3c3ccccc3)c(=O)[nH]c2c1C. The van der Waals surface area contributed by atoms with Gasteiger partial charge in [0.2, 0.25) is 5.91 Å². The van der Waals surface area contributed by atoms with Crippen LogP contribution in [0.1, 0.15) is 34.6 Å². The van der Waals surface area contributed by atoms with E-state index in [-0.39, 0.29) is 17.4 Å². The molecule has 1 aliphatic rings. The molecule has 2 N–H and O–H groups in total. The minimum Gasteiger partial charge on any atom is -0.356 e. The number of fused-ring (bicyclic) bond motifs is 1. The fourth-order valence-electron chi connectivity index (χ4n) is 3.76. The van der Waals surface area contributed by atoms with Gasteiger partial charge >= 0.3 is 0 Å². The van der Waals surface area contributed by atoms with Crippen molar-refractivity contribution in [2.75, 3.05) is 6.54 Å². The van der Waals surface area contributed by atoms with Crippen LogP contribution in [0.3, 0.4) is 0 Å². The van der Waals surface area contributed by atoms with Gasteiger partial charge in [0.15, 0.2) is 0 Å². The van der Waals surface area contributed by atoms with Crippen LogP contribution in [0.2, 0.25) is 0 Å². The summed E-state index contributed by atoms with van der Waals surface area (Å²) in [5, 5.41) is 4.03. The van der Waals surface area contributed by atoms with Gasteiger partial charge in [0.05, 0.1) is 5.52 Å². The van der Waals surface area contributed by atoms with Crippen molar-refractivity contribution >= 4 is 16.8 Å². The van der Waals surface area contributed by atoms with E-state index in [0.29, 0.717) is 24.4 Å². The second kappa shape index (κ2) is 7.03. The zero-order valence-corrected chi connectivity index (χ0v) is 15.7. The number of aromatic amines is 1. The maximum Gasteiger partial charge on any atom is 0.251 e. The van der Waals surface area contributed by atoms with Gasteiger partial charge in [0, 0.05) is 18.0 Å². The number of carbonyl (C=O) groups excluding carboxylic acids is 1. The molecule has 2 unspecified atom stereocenters. The Hall–Kier alpha value is -2.88.